The van der Waals surface area contributed by atoms with Gasteiger partial charge in [0.2, 0.25) is 0 Å². The van der Waals surface area contributed by atoms with Crippen molar-refractivity contribution in [3.05, 3.63) is 47.9 Å². The second-order valence-electron chi connectivity index (χ2n) is 8.26. The molecular weight excluding hydrogens is 304 g/mol. The van der Waals surface area contributed by atoms with Crippen molar-refractivity contribution in [2.24, 2.45) is 5.92 Å². The van der Waals surface area contributed by atoms with Crippen molar-refractivity contribution in [2.45, 2.75) is 70.3 Å². The number of hydrogen-bond donors (Lipinski definition) is 0. The summed E-state index contributed by atoms with van der Waals surface area (Å²) in [7, 11) is 0. The maximum absolute atomic E-state index is 2.85. The fourth-order valence-corrected chi connectivity index (χ4v) is 5.32. The third-order valence-electron chi connectivity index (χ3n) is 6.63. The Morgan fingerprint density at radius 3 is 2.76 bits per heavy atom. The lowest BCUT2D eigenvalue weighted by molar-refractivity contribution is 0.0595. The zero-order valence-electron chi connectivity index (χ0n) is 15.7. The van der Waals surface area contributed by atoms with Gasteiger partial charge in [-0.25, -0.2) is 0 Å². The quantitative estimate of drug-likeness (QED) is 0.597. The minimum absolute atomic E-state index is 0.930. The molecule has 0 aromatic rings. The molecule has 0 amide bonds. The van der Waals surface area contributed by atoms with E-state index in [-0.39, 0.29) is 0 Å². The van der Waals surface area contributed by atoms with Crippen LogP contribution in [-0.4, -0.2) is 35.5 Å². The lowest BCUT2D eigenvalue weighted by atomic mass is 9.78. The highest BCUT2D eigenvalue weighted by atomic mass is 15.2. The summed E-state index contributed by atoms with van der Waals surface area (Å²) in [5.74, 6) is 1.03. The van der Waals surface area contributed by atoms with E-state index in [0.29, 0.717) is 0 Å². The third-order valence-corrected chi connectivity index (χ3v) is 6.63. The zero-order valence-corrected chi connectivity index (χ0v) is 15.7. The SMILES string of the molecule is C1=CCC2=CC=CN(CCCCCN3CCCC4CCCCC43)C2=C1. The Kier molecular flexibility index (Phi) is 5.76. The second kappa shape index (κ2) is 8.40. The van der Waals surface area contributed by atoms with Gasteiger partial charge in [0.15, 0.2) is 0 Å². The fraction of sp³-hybridized carbons (Fsp3) is 0.652. The van der Waals surface area contributed by atoms with Gasteiger partial charge in [-0.15, -0.1) is 0 Å². The molecule has 2 heteroatoms. The van der Waals surface area contributed by atoms with Crippen LogP contribution in [0.2, 0.25) is 0 Å². The van der Waals surface area contributed by atoms with Crippen LogP contribution >= 0.6 is 0 Å². The number of hydrogen-bond acceptors (Lipinski definition) is 2. The van der Waals surface area contributed by atoms with Crippen LogP contribution in [0.4, 0.5) is 0 Å². The molecule has 2 aliphatic heterocycles. The first-order valence-electron chi connectivity index (χ1n) is 10.7. The smallest absolute Gasteiger partial charge is 0.0441 e. The van der Waals surface area contributed by atoms with Crippen molar-refractivity contribution in [2.75, 3.05) is 19.6 Å². The Labute approximate surface area is 154 Å². The maximum Gasteiger partial charge on any atom is 0.0441 e. The van der Waals surface area contributed by atoms with E-state index in [1.165, 1.54) is 88.7 Å². The molecule has 0 bridgehead atoms. The lowest BCUT2D eigenvalue weighted by Gasteiger charge is -2.44. The van der Waals surface area contributed by atoms with Crippen LogP contribution in [0.1, 0.15) is 64.2 Å². The molecule has 2 fully saturated rings. The normalized spacial score (nSPS) is 29.0. The molecule has 25 heavy (non-hydrogen) atoms. The Morgan fingerprint density at radius 2 is 1.76 bits per heavy atom. The van der Waals surface area contributed by atoms with Gasteiger partial charge in [-0.1, -0.05) is 37.5 Å². The van der Waals surface area contributed by atoms with Crippen LogP contribution in [0.3, 0.4) is 0 Å². The average molecular weight is 339 g/mol. The highest BCUT2D eigenvalue weighted by molar-refractivity contribution is 5.43. The minimum Gasteiger partial charge on any atom is -0.348 e. The number of piperidine rings is 1. The van der Waals surface area contributed by atoms with E-state index in [1.54, 1.807) is 0 Å². The van der Waals surface area contributed by atoms with Gasteiger partial charge in [0, 0.05) is 24.5 Å². The molecule has 0 spiro atoms. The Hall–Kier alpha value is -1.28. The molecule has 1 saturated heterocycles. The van der Waals surface area contributed by atoms with E-state index in [0.717, 1.165) is 18.4 Å². The largest absolute Gasteiger partial charge is 0.348 e. The van der Waals surface area contributed by atoms with Crippen LogP contribution in [0, 0.1) is 5.92 Å². The van der Waals surface area contributed by atoms with Crippen LogP contribution in [0.25, 0.3) is 0 Å². The van der Waals surface area contributed by atoms with Gasteiger partial charge >= 0.3 is 0 Å². The Bertz CT molecular complexity index is 567. The summed E-state index contributed by atoms with van der Waals surface area (Å²) >= 11 is 0. The van der Waals surface area contributed by atoms with E-state index in [9.17, 15) is 0 Å². The molecule has 0 radical (unpaired) electrons. The number of allylic oxidation sites excluding steroid dienone is 6. The molecule has 0 aromatic heterocycles. The van der Waals surface area contributed by atoms with Crippen molar-refractivity contribution in [1.82, 2.24) is 9.80 Å². The number of nitrogens with zero attached hydrogens (tertiary/aromatic N) is 2. The van der Waals surface area contributed by atoms with Gasteiger partial charge in [-0.05, 0) is 81.7 Å². The summed E-state index contributed by atoms with van der Waals surface area (Å²) in [6.45, 7) is 3.87. The standard InChI is InChI=1S/C23H34N2/c1(6-16-24-18-8-12-20-10-2-4-14-22(20)24)7-17-25-19-9-13-21-11-3-5-15-23(21)25/h2,4,8,12,14,18,21,23H,1,3,5-7,9-11,13,15-17,19H2. The highest BCUT2D eigenvalue weighted by Gasteiger charge is 2.32. The zero-order chi connectivity index (χ0) is 16.9. The van der Waals surface area contributed by atoms with Gasteiger partial charge < -0.3 is 9.80 Å². The summed E-state index contributed by atoms with van der Waals surface area (Å²) < 4.78 is 0. The summed E-state index contributed by atoms with van der Waals surface area (Å²) in [5, 5.41) is 0. The van der Waals surface area contributed by atoms with Gasteiger partial charge in [0.05, 0.1) is 0 Å². The first-order valence-corrected chi connectivity index (χ1v) is 10.7. The summed E-state index contributed by atoms with van der Waals surface area (Å²) in [6.07, 6.45) is 27.5. The van der Waals surface area contributed by atoms with Crippen LogP contribution in [0.5, 0.6) is 0 Å². The van der Waals surface area contributed by atoms with Crippen molar-refractivity contribution in [1.29, 1.82) is 0 Å². The Morgan fingerprint density at radius 1 is 0.880 bits per heavy atom. The number of fused-ring (bicyclic) bond motifs is 2. The van der Waals surface area contributed by atoms with Gasteiger partial charge in [-0.3, -0.25) is 0 Å². The van der Waals surface area contributed by atoms with E-state index in [1.807, 2.05) is 0 Å². The molecule has 1 saturated carbocycles. The predicted octanol–water partition coefficient (Wildman–Crippen LogP) is 5.41. The van der Waals surface area contributed by atoms with Crippen molar-refractivity contribution in [3.63, 3.8) is 0 Å². The number of likely N-dealkylation sites (tertiary alicyclic amines) is 1. The van der Waals surface area contributed by atoms with E-state index < -0.39 is 0 Å². The Balaban J connectivity index is 1.19. The summed E-state index contributed by atoms with van der Waals surface area (Å²) in [6, 6.07) is 0.930. The first kappa shape index (κ1) is 17.1. The molecule has 0 N–H and O–H groups in total. The number of unbranched alkanes of at least 4 members (excludes halogenated alkanes) is 2. The van der Waals surface area contributed by atoms with Crippen molar-refractivity contribution < 1.29 is 0 Å². The highest BCUT2D eigenvalue weighted by Crippen LogP contribution is 2.35. The topological polar surface area (TPSA) is 6.48 Å². The molecule has 136 valence electrons. The molecular formula is C23H34N2. The van der Waals surface area contributed by atoms with Crippen LogP contribution < -0.4 is 0 Å². The molecule has 2 nitrogen and oxygen atoms in total. The van der Waals surface area contributed by atoms with Gasteiger partial charge in [0.25, 0.3) is 0 Å². The van der Waals surface area contributed by atoms with Gasteiger partial charge in [-0.2, -0.15) is 0 Å². The van der Waals surface area contributed by atoms with Crippen LogP contribution in [0.15, 0.2) is 47.9 Å². The first-order chi connectivity index (χ1) is 12.4. The molecule has 0 aromatic carbocycles. The van der Waals surface area contributed by atoms with Crippen molar-refractivity contribution in [3.8, 4) is 0 Å². The monoisotopic (exact) mass is 338 g/mol. The molecule has 4 aliphatic rings. The van der Waals surface area contributed by atoms with Gasteiger partial charge in [0.1, 0.15) is 0 Å². The third kappa shape index (κ3) is 4.11. The average Bonchev–Trinajstić information content (AvgIpc) is 2.68. The second-order valence-corrected chi connectivity index (χ2v) is 8.26. The molecule has 2 atom stereocenters. The number of rotatable bonds is 6. The fourth-order valence-electron chi connectivity index (χ4n) is 5.32. The minimum atomic E-state index is 0.930. The van der Waals surface area contributed by atoms with E-state index in [4.69, 9.17) is 0 Å². The predicted molar refractivity (Wildman–Crippen MR) is 106 cm³/mol. The summed E-state index contributed by atoms with van der Waals surface area (Å²) in [4.78, 5) is 5.31. The van der Waals surface area contributed by atoms with E-state index >= 15 is 0 Å². The molecule has 2 unspecified atom stereocenters. The molecule has 4 rings (SSSR count). The molecule has 2 aliphatic carbocycles. The summed E-state index contributed by atoms with van der Waals surface area (Å²) in [5.41, 5.74) is 2.90. The van der Waals surface area contributed by atoms with E-state index in [2.05, 4.69) is 46.4 Å². The van der Waals surface area contributed by atoms with Crippen molar-refractivity contribution >= 4 is 0 Å². The molecule has 2 heterocycles. The van der Waals surface area contributed by atoms with Crippen LogP contribution in [-0.2, 0) is 0 Å². The lowest BCUT2D eigenvalue weighted by Crippen LogP contribution is -2.47. The maximum atomic E-state index is 2.85.